The van der Waals surface area contributed by atoms with E-state index in [0.29, 0.717) is 0 Å². The molecule has 248 valence electrons. The molecular formula is C48H31BN2O2. The fourth-order valence-electron chi connectivity index (χ4n) is 8.33. The average Bonchev–Trinajstić information content (AvgIpc) is 3.53. The van der Waals surface area contributed by atoms with Gasteiger partial charge in [0.15, 0.2) is 0 Å². The first-order valence-electron chi connectivity index (χ1n) is 18.0. The molecule has 11 rings (SSSR count). The van der Waals surface area contributed by atoms with Crippen LogP contribution in [-0.2, 0) is 0 Å². The van der Waals surface area contributed by atoms with E-state index in [4.69, 9.17) is 9.47 Å². The topological polar surface area (TPSA) is 26.6 Å². The van der Waals surface area contributed by atoms with Crippen molar-refractivity contribution in [1.82, 2.24) is 4.57 Å². The molecule has 0 saturated heterocycles. The molecule has 2 aliphatic rings. The van der Waals surface area contributed by atoms with Crippen LogP contribution in [0.4, 0.5) is 17.1 Å². The highest BCUT2D eigenvalue weighted by molar-refractivity contribution is 6.98. The van der Waals surface area contributed by atoms with Crippen LogP contribution < -0.4 is 30.8 Å². The lowest BCUT2D eigenvalue weighted by Gasteiger charge is -2.33. The molecule has 0 aliphatic carbocycles. The molecule has 1 aromatic heterocycles. The Morgan fingerprint density at radius 3 is 1.68 bits per heavy atom. The minimum atomic E-state index is -0.0487. The number of nitrogens with zero attached hydrogens (tertiary/aromatic N) is 2. The summed E-state index contributed by atoms with van der Waals surface area (Å²) in [4.78, 5) is 2.32. The molecule has 0 radical (unpaired) electrons. The van der Waals surface area contributed by atoms with E-state index in [0.717, 1.165) is 89.7 Å². The molecule has 9 aromatic rings. The van der Waals surface area contributed by atoms with Crippen molar-refractivity contribution in [1.29, 1.82) is 0 Å². The van der Waals surface area contributed by atoms with Crippen molar-refractivity contribution in [3.8, 4) is 39.8 Å². The van der Waals surface area contributed by atoms with Crippen LogP contribution in [0.1, 0.15) is 0 Å². The maximum Gasteiger partial charge on any atom is 0.260 e. The molecule has 3 heterocycles. The van der Waals surface area contributed by atoms with Crippen molar-refractivity contribution in [2.24, 2.45) is 0 Å². The summed E-state index contributed by atoms with van der Waals surface area (Å²) in [5.41, 5.74) is 12.3. The summed E-state index contributed by atoms with van der Waals surface area (Å²) in [5, 5.41) is 2.31. The van der Waals surface area contributed by atoms with Gasteiger partial charge in [0.2, 0.25) is 0 Å². The molecular weight excluding hydrogens is 647 g/mol. The molecule has 5 heteroatoms. The Morgan fingerprint density at radius 1 is 0.396 bits per heavy atom. The number of fused-ring (bicyclic) bond motifs is 7. The van der Waals surface area contributed by atoms with Crippen LogP contribution >= 0.6 is 0 Å². The third-order valence-electron chi connectivity index (χ3n) is 10.7. The second-order valence-electron chi connectivity index (χ2n) is 13.7. The minimum Gasteiger partial charge on any atom is -0.458 e. The van der Waals surface area contributed by atoms with Gasteiger partial charge in [-0.25, -0.2) is 0 Å². The zero-order chi connectivity index (χ0) is 34.9. The van der Waals surface area contributed by atoms with Gasteiger partial charge in [-0.2, -0.15) is 0 Å². The second kappa shape index (κ2) is 11.8. The molecule has 2 aliphatic heterocycles. The lowest BCUT2D eigenvalue weighted by molar-refractivity contribution is 0.465. The normalized spacial score (nSPS) is 12.4. The summed E-state index contributed by atoms with van der Waals surface area (Å²) < 4.78 is 15.8. The van der Waals surface area contributed by atoms with Crippen LogP contribution in [0.25, 0.3) is 38.6 Å². The fraction of sp³-hybridized carbons (Fsp3) is 0. The van der Waals surface area contributed by atoms with Crippen LogP contribution in [0.2, 0.25) is 0 Å². The Morgan fingerprint density at radius 2 is 1.00 bits per heavy atom. The van der Waals surface area contributed by atoms with E-state index < -0.39 is 0 Å². The smallest absolute Gasteiger partial charge is 0.260 e. The lowest BCUT2D eigenvalue weighted by atomic mass is 9.35. The highest BCUT2D eigenvalue weighted by Gasteiger charge is 2.40. The molecule has 0 amide bonds. The third-order valence-corrected chi connectivity index (χ3v) is 10.7. The number of benzene rings is 8. The molecule has 4 nitrogen and oxygen atoms in total. The standard InChI is InChI=1S/C48H31BN2O2/c1-5-14-32(15-6-1)33-24-27-40-46(28-33)52-44-22-13-23-45-48(44)49(40)41-31-43-39(30-47(41)53-45)38-26-25-37(29-42(38)51(43)36-20-11-4-12-21-36)50(34-16-7-2-8-17-34)35-18-9-3-10-19-35/h1-31H. The van der Waals surface area contributed by atoms with Gasteiger partial charge in [-0.1, -0.05) is 109 Å². The van der Waals surface area contributed by atoms with Crippen LogP contribution in [0.3, 0.4) is 0 Å². The molecule has 0 spiro atoms. The maximum absolute atomic E-state index is 6.78. The molecule has 53 heavy (non-hydrogen) atoms. The second-order valence-corrected chi connectivity index (χ2v) is 13.7. The predicted molar refractivity (Wildman–Crippen MR) is 219 cm³/mol. The number of ether oxygens (including phenoxy) is 2. The van der Waals surface area contributed by atoms with E-state index in [-0.39, 0.29) is 6.71 Å². The largest absolute Gasteiger partial charge is 0.458 e. The summed E-state index contributed by atoms with van der Waals surface area (Å²) in [6, 6.07) is 66.5. The van der Waals surface area contributed by atoms with Crippen molar-refractivity contribution < 1.29 is 9.47 Å². The number of anilines is 3. The first-order chi connectivity index (χ1) is 26.3. The SMILES string of the molecule is c1ccc(-c2ccc3c(c2)Oc2cccc4c2B3c2cc3c(cc2O4)c2ccc(N(c4ccccc4)c4ccccc4)cc2n3-c2ccccc2)cc1. The Bertz CT molecular complexity index is 2800. The zero-order valence-corrected chi connectivity index (χ0v) is 28.7. The van der Waals surface area contributed by atoms with Gasteiger partial charge in [0.25, 0.3) is 6.71 Å². The third kappa shape index (κ3) is 4.71. The number of hydrogen-bond acceptors (Lipinski definition) is 3. The summed E-state index contributed by atoms with van der Waals surface area (Å²) in [7, 11) is 0. The number of para-hydroxylation sites is 3. The van der Waals surface area contributed by atoms with E-state index in [9.17, 15) is 0 Å². The van der Waals surface area contributed by atoms with Gasteiger partial charge < -0.3 is 18.9 Å². The first kappa shape index (κ1) is 29.7. The monoisotopic (exact) mass is 678 g/mol. The van der Waals surface area contributed by atoms with E-state index in [1.165, 1.54) is 5.39 Å². The van der Waals surface area contributed by atoms with Crippen LogP contribution in [0.5, 0.6) is 23.0 Å². The van der Waals surface area contributed by atoms with Gasteiger partial charge in [-0.3, -0.25) is 0 Å². The number of hydrogen-bond donors (Lipinski definition) is 0. The average molecular weight is 679 g/mol. The fourth-order valence-corrected chi connectivity index (χ4v) is 8.33. The summed E-state index contributed by atoms with van der Waals surface area (Å²) in [5.74, 6) is 3.43. The minimum absolute atomic E-state index is 0.0487. The van der Waals surface area contributed by atoms with E-state index in [2.05, 4.69) is 185 Å². The van der Waals surface area contributed by atoms with Gasteiger partial charge in [0.1, 0.15) is 23.0 Å². The summed E-state index contributed by atoms with van der Waals surface area (Å²) in [6.45, 7) is -0.0487. The highest BCUT2D eigenvalue weighted by Crippen LogP contribution is 2.42. The highest BCUT2D eigenvalue weighted by atomic mass is 16.5. The van der Waals surface area contributed by atoms with Crippen molar-refractivity contribution in [2.75, 3.05) is 4.90 Å². The molecule has 0 bridgehead atoms. The Balaban J connectivity index is 1.15. The van der Waals surface area contributed by atoms with Crippen molar-refractivity contribution in [2.45, 2.75) is 0 Å². The Kier molecular flexibility index (Phi) is 6.61. The van der Waals surface area contributed by atoms with Crippen molar-refractivity contribution >= 4 is 62.0 Å². The van der Waals surface area contributed by atoms with Gasteiger partial charge in [0.05, 0.1) is 11.0 Å². The van der Waals surface area contributed by atoms with Crippen LogP contribution in [0, 0.1) is 0 Å². The first-order valence-corrected chi connectivity index (χ1v) is 18.0. The van der Waals surface area contributed by atoms with Gasteiger partial charge >= 0.3 is 0 Å². The zero-order valence-electron chi connectivity index (χ0n) is 28.7. The van der Waals surface area contributed by atoms with Gasteiger partial charge in [0, 0.05) is 39.0 Å². The molecule has 0 saturated carbocycles. The van der Waals surface area contributed by atoms with Gasteiger partial charge in [-0.05, 0) is 101 Å². The molecule has 0 fully saturated rings. The summed E-state index contributed by atoms with van der Waals surface area (Å²) in [6.07, 6.45) is 0. The predicted octanol–water partition coefficient (Wildman–Crippen LogP) is 10.6. The van der Waals surface area contributed by atoms with E-state index in [1.807, 2.05) is 12.1 Å². The lowest BCUT2D eigenvalue weighted by Crippen LogP contribution is -2.57. The van der Waals surface area contributed by atoms with Crippen molar-refractivity contribution in [3.05, 3.63) is 188 Å². The molecule has 0 unspecified atom stereocenters. The Hall–Kier alpha value is -6.98. The van der Waals surface area contributed by atoms with Crippen LogP contribution in [-0.4, -0.2) is 11.3 Å². The maximum atomic E-state index is 6.78. The molecule has 0 atom stereocenters. The van der Waals surface area contributed by atoms with Crippen LogP contribution in [0.15, 0.2) is 188 Å². The van der Waals surface area contributed by atoms with E-state index >= 15 is 0 Å². The molecule has 8 aromatic carbocycles. The van der Waals surface area contributed by atoms with E-state index in [1.54, 1.807) is 0 Å². The van der Waals surface area contributed by atoms with Gasteiger partial charge in [-0.15, -0.1) is 0 Å². The summed E-state index contributed by atoms with van der Waals surface area (Å²) >= 11 is 0. The Labute approximate surface area is 307 Å². The number of rotatable bonds is 5. The quantitative estimate of drug-likeness (QED) is 0.170. The van der Waals surface area contributed by atoms with Crippen molar-refractivity contribution in [3.63, 3.8) is 0 Å². The number of aromatic nitrogens is 1. The molecule has 0 N–H and O–H groups in total.